The van der Waals surface area contributed by atoms with E-state index in [2.05, 4.69) is 47.9 Å². The second-order valence-corrected chi connectivity index (χ2v) is 8.74. The lowest BCUT2D eigenvalue weighted by molar-refractivity contribution is -1.01. The molecule has 0 aromatic heterocycles. The molecule has 2 N–H and O–H groups in total. The molecule has 1 aliphatic heterocycles. The fourth-order valence-electron chi connectivity index (χ4n) is 3.80. The van der Waals surface area contributed by atoms with Gasteiger partial charge in [0, 0.05) is 0 Å². The lowest BCUT2D eigenvalue weighted by atomic mass is 10.2. The molecule has 0 aliphatic carbocycles. The van der Waals surface area contributed by atoms with Gasteiger partial charge in [-0.05, 0) is 23.0 Å². The zero-order chi connectivity index (χ0) is 24.9. The third-order valence-corrected chi connectivity index (χ3v) is 5.91. The van der Waals surface area contributed by atoms with Crippen LogP contribution in [-0.4, -0.2) is 78.9 Å². The maximum atomic E-state index is 5.61. The zero-order valence-corrected chi connectivity index (χ0v) is 21.3. The van der Waals surface area contributed by atoms with Gasteiger partial charge in [-0.1, -0.05) is 72.5 Å². The minimum absolute atomic E-state index is 0.468. The summed E-state index contributed by atoms with van der Waals surface area (Å²) in [6, 6.07) is 20.3. The van der Waals surface area contributed by atoms with Gasteiger partial charge in [0.05, 0.1) is 39.6 Å². The van der Waals surface area contributed by atoms with E-state index in [1.165, 1.54) is 11.1 Å². The van der Waals surface area contributed by atoms with Crippen molar-refractivity contribution < 1.29 is 28.7 Å². The van der Waals surface area contributed by atoms with Gasteiger partial charge in [-0.15, -0.1) is 0 Å². The number of rotatable bonds is 14. The highest BCUT2D eigenvalue weighted by Crippen LogP contribution is 2.00. The van der Waals surface area contributed by atoms with Crippen LogP contribution in [0, 0.1) is 23.7 Å². The van der Waals surface area contributed by atoms with E-state index in [0.717, 1.165) is 39.3 Å². The Morgan fingerprint density at radius 2 is 0.889 bits per heavy atom. The summed E-state index contributed by atoms with van der Waals surface area (Å²) in [6.07, 6.45) is 0. The predicted octanol–water partition coefficient (Wildman–Crippen LogP) is 0.243. The Morgan fingerprint density at radius 1 is 0.500 bits per heavy atom. The van der Waals surface area contributed by atoms with Crippen LogP contribution in [-0.2, 0) is 32.2 Å². The van der Waals surface area contributed by atoms with Crippen molar-refractivity contribution in [2.24, 2.45) is 0 Å². The average Bonchev–Trinajstić information content (AvgIpc) is 2.93. The molecule has 6 heteroatoms. The predicted molar refractivity (Wildman–Crippen MR) is 141 cm³/mol. The van der Waals surface area contributed by atoms with E-state index in [9.17, 15) is 0 Å². The molecule has 1 fully saturated rings. The molecule has 2 aromatic carbocycles. The van der Waals surface area contributed by atoms with Gasteiger partial charge in [0.15, 0.2) is 0 Å². The van der Waals surface area contributed by atoms with Crippen LogP contribution in [0.2, 0.25) is 0 Å². The third kappa shape index (κ3) is 12.9. The standard InChI is InChI=1S/C30H38N2O4/c1-3-11-29(12-4-1)27-35-25-23-33-21-9-7-15-31-17-19-32(20-18-31)16-8-10-22-34-24-26-36-28-30-13-5-2-6-14-30/h1-6,11-14H,15-28H2/p+2. The van der Waals surface area contributed by atoms with E-state index < -0.39 is 0 Å². The van der Waals surface area contributed by atoms with E-state index in [1.807, 2.05) is 36.4 Å². The smallest absolute Gasteiger partial charge is 0.139 e. The molecule has 6 nitrogen and oxygen atoms in total. The van der Waals surface area contributed by atoms with Gasteiger partial charge < -0.3 is 28.7 Å². The number of hydrogen-bond acceptors (Lipinski definition) is 4. The lowest BCUT2D eigenvalue weighted by Crippen LogP contribution is -3.28. The Hall–Kier alpha value is -2.68. The van der Waals surface area contributed by atoms with Crippen molar-refractivity contribution in [3.63, 3.8) is 0 Å². The molecule has 3 rings (SSSR count). The summed E-state index contributed by atoms with van der Waals surface area (Å²) in [7, 11) is 0. The van der Waals surface area contributed by atoms with Crippen LogP contribution >= 0.6 is 0 Å². The van der Waals surface area contributed by atoms with E-state index in [1.54, 1.807) is 9.80 Å². The number of piperazine rings is 1. The largest absolute Gasteiger partial charge is 0.374 e. The molecule has 0 atom stereocenters. The van der Waals surface area contributed by atoms with Crippen LogP contribution in [0.1, 0.15) is 11.1 Å². The molecule has 1 heterocycles. The number of nitrogens with one attached hydrogen (secondary N) is 2. The highest BCUT2D eigenvalue weighted by atomic mass is 16.5. The van der Waals surface area contributed by atoms with Crippen molar-refractivity contribution in [3.05, 3.63) is 71.8 Å². The van der Waals surface area contributed by atoms with Gasteiger partial charge in [-0.3, -0.25) is 0 Å². The lowest BCUT2D eigenvalue weighted by Gasteiger charge is -2.27. The van der Waals surface area contributed by atoms with Crippen LogP contribution in [0.4, 0.5) is 0 Å². The fraction of sp³-hybridized carbons (Fsp3) is 0.467. The molecule has 1 aliphatic rings. The van der Waals surface area contributed by atoms with Gasteiger partial charge in [0.1, 0.15) is 52.5 Å². The van der Waals surface area contributed by atoms with Crippen molar-refractivity contribution in [1.82, 2.24) is 0 Å². The zero-order valence-electron chi connectivity index (χ0n) is 21.3. The first-order valence-corrected chi connectivity index (χ1v) is 12.9. The summed E-state index contributed by atoms with van der Waals surface area (Å²) in [4.78, 5) is 3.09. The second kappa shape index (κ2) is 18.6. The molecular weight excluding hydrogens is 452 g/mol. The number of hydrogen-bond donors (Lipinski definition) is 2. The molecule has 2 aromatic rings. The maximum Gasteiger partial charge on any atom is 0.139 e. The normalized spacial score (nSPS) is 17.0. The molecule has 192 valence electrons. The van der Waals surface area contributed by atoms with Gasteiger partial charge >= 0.3 is 0 Å². The van der Waals surface area contributed by atoms with E-state index in [4.69, 9.17) is 18.9 Å². The van der Waals surface area contributed by atoms with Gasteiger partial charge in [0.25, 0.3) is 0 Å². The van der Waals surface area contributed by atoms with Gasteiger partial charge in [0.2, 0.25) is 0 Å². The first kappa shape index (κ1) is 27.9. The number of quaternary nitrogens is 2. The summed E-state index contributed by atoms with van der Waals surface area (Å²) >= 11 is 0. The molecular formula is C30H40N2O4+2. The summed E-state index contributed by atoms with van der Waals surface area (Å²) in [6.45, 7) is 10.8. The van der Waals surface area contributed by atoms with Gasteiger partial charge in [-0.25, -0.2) is 0 Å². The Balaban J connectivity index is 1.10. The Bertz CT molecular complexity index is 859. The summed E-state index contributed by atoms with van der Waals surface area (Å²) in [5.41, 5.74) is 2.36. The van der Waals surface area contributed by atoms with Crippen LogP contribution in [0.5, 0.6) is 0 Å². The average molecular weight is 493 g/mol. The van der Waals surface area contributed by atoms with Gasteiger partial charge in [-0.2, -0.15) is 0 Å². The van der Waals surface area contributed by atoms with Crippen molar-refractivity contribution in [2.45, 2.75) is 13.2 Å². The number of benzene rings is 2. The molecule has 1 saturated heterocycles. The Labute approximate surface area is 216 Å². The van der Waals surface area contributed by atoms with E-state index >= 15 is 0 Å². The van der Waals surface area contributed by atoms with Crippen molar-refractivity contribution in [1.29, 1.82) is 0 Å². The topological polar surface area (TPSA) is 45.8 Å². The fourth-order valence-corrected chi connectivity index (χ4v) is 3.80. The molecule has 0 spiro atoms. The minimum Gasteiger partial charge on any atom is -0.374 e. The van der Waals surface area contributed by atoms with Crippen LogP contribution in [0.3, 0.4) is 0 Å². The molecule has 0 unspecified atom stereocenters. The summed E-state index contributed by atoms with van der Waals surface area (Å²) < 4.78 is 22.3. The summed E-state index contributed by atoms with van der Waals surface area (Å²) in [5.74, 6) is 12.8. The SMILES string of the molecule is C(#CC[NH+]1CC[NH+](CC#CCOCCOCc2ccccc2)CC1)COCCOCc1ccccc1. The van der Waals surface area contributed by atoms with Crippen molar-refractivity contribution >= 4 is 0 Å². The van der Waals surface area contributed by atoms with E-state index in [-0.39, 0.29) is 0 Å². The molecule has 36 heavy (non-hydrogen) atoms. The van der Waals surface area contributed by atoms with Crippen LogP contribution in [0.25, 0.3) is 0 Å². The maximum absolute atomic E-state index is 5.61. The van der Waals surface area contributed by atoms with Crippen molar-refractivity contribution in [3.8, 4) is 23.7 Å². The monoisotopic (exact) mass is 492 g/mol. The summed E-state index contributed by atoms with van der Waals surface area (Å²) in [5, 5.41) is 0. The molecule has 0 saturated carbocycles. The van der Waals surface area contributed by atoms with Crippen molar-refractivity contribution in [2.75, 3.05) is 78.9 Å². The molecule has 0 amide bonds. The first-order valence-electron chi connectivity index (χ1n) is 12.9. The molecule has 0 bridgehead atoms. The second-order valence-electron chi connectivity index (χ2n) is 8.74. The third-order valence-electron chi connectivity index (χ3n) is 5.91. The Kier molecular flexibility index (Phi) is 14.4. The molecule has 0 radical (unpaired) electrons. The van der Waals surface area contributed by atoms with Crippen LogP contribution in [0.15, 0.2) is 60.7 Å². The highest BCUT2D eigenvalue weighted by molar-refractivity contribution is 5.14. The van der Waals surface area contributed by atoms with E-state index in [0.29, 0.717) is 52.9 Å². The minimum atomic E-state index is 0.468. The highest BCUT2D eigenvalue weighted by Gasteiger charge is 2.20. The Morgan fingerprint density at radius 3 is 1.31 bits per heavy atom. The quantitative estimate of drug-likeness (QED) is 0.293. The van der Waals surface area contributed by atoms with Crippen LogP contribution < -0.4 is 9.80 Å². The first-order chi connectivity index (χ1) is 17.9. The number of ether oxygens (including phenoxy) is 4.